The molecule has 12 heteroatoms. The molecule has 0 spiro atoms. The zero-order valence-corrected chi connectivity index (χ0v) is 26.1. The number of aryl methyl sites for hydroxylation is 2. The number of oxazole rings is 1. The van der Waals surface area contributed by atoms with Gasteiger partial charge in [-0.1, -0.05) is 6.92 Å². The topological polar surface area (TPSA) is 138 Å². The Hall–Kier alpha value is -3.74. The predicted molar refractivity (Wildman–Crippen MR) is 172 cm³/mol. The third kappa shape index (κ3) is 6.82. The van der Waals surface area contributed by atoms with E-state index in [1.54, 1.807) is 13.1 Å². The number of amides is 1. The Labute approximate surface area is 259 Å². The van der Waals surface area contributed by atoms with Gasteiger partial charge in [0.1, 0.15) is 0 Å². The quantitative estimate of drug-likeness (QED) is 0.330. The highest BCUT2D eigenvalue weighted by molar-refractivity contribution is 5.97. The van der Waals surface area contributed by atoms with E-state index in [9.17, 15) is 4.79 Å². The molecule has 1 aromatic carbocycles. The number of benzene rings is 1. The van der Waals surface area contributed by atoms with E-state index < -0.39 is 5.91 Å². The van der Waals surface area contributed by atoms with Crippen LogP contribution in [0.4, 0.5) is 23.0 Å². The highest BCUT2D eigenvalue weighted by atomic mass is 16.5. The van der Waals surface area contributed by atoms with Crippen LogP contribution in [0.3, 0.4) is 0 Å². The fraction of sp³-hybridized carbons (Fsp3) is 0.562. The number of anilines is 4. The van der Waals surface area contributed by atoms with Crippen molar-refractivity contribution in [2.24, 2.45) is 5.73 Å². The molecule has 0 aliphatic carbocycles. The average Bonchev–Trinajstić information content (AvgIpc) is 3.48. The highest BCUT2D eigenvalue weighted by Crippen LogP contribution is 2.33. The van der Waals surface area contributed by atoms with Crippen molar-refractivity contribution < 1.29 is 13.9 Å². The largest absolute Gasteiger partial charge is 0.439 e. The fourth-order valence-corrected chi connectivity index (χ4v) is 6.52. The first-order valence-electron chi connectivity index (χ1n) is 15.9. The van der Waals surface area contributed by atoms with Gasteiger partial charge in [0.15, 0.2) is 34.7 Å². The summed E-state index contributed by atoms with van der Waals surface area (Å²) in [5.74, 6) is 1.06. The number of piperidine rings is 1. The molecular formula is C32H45N9O3. The smallest absolute Gasteiger partial charge is 0.271 e. The van der Waals surface area contributed by atoms with Crippen molar-refractivity contribution in [1.82, 2.24) is 24.8 Å². The van der Waals surface area contributed by atoms with Crippen molar-refractivity contribution in [2.45, 2.75) is 58.0 Å². The third-order valence-corrected chi connectivity index (χ3v) is 9.13. The van der Waals surface area contributed by atoms with Crippen molar-refractivity contribution in [3.8, 4) is 11.5 Å². The van der Waals surface area contributed by atoms with Crippen LogP contribution in [0.25, 0.3) is 11.5 Å². The van der Waals surface area contributed by atoms with E-state index in [2.05, 4.69) is 61.4 Å². The predicted octanol–water partition coefficient (Wildman–Crippen LogP) is 3.65. The average molecular weight is 604 g/mol. The molecule has 2 aromatic heterocycles. The third-order valence-electron chi connectivity index (χ3n) is 9.13. The molecule has 236 valence electrons. The zero-order valence-electron chi connectivity index (χ0n) is 26.1. The van der Waals surface area contributed by atoms with E-state index in [0.717, 1.165) is 51.1 Å². The SMILES string of the molecule is CCc1cc(Nc2nc(NC3CCOCC3)c(-c3cnc(C)o3)nc2C(N)=O)ccc1N1CCC(N2CCN(C)CC2)CC1. The first-order valence-corrected chi connectivity index (χ1v) is 15.9. The Bertz CT molecular complexity index is 1440. The summed E-state index contributed by atoms with van der Waals surface area (Å²) in [5, 5.41) is 6.87. The maximum absolute atomic E-state index is 12.6. The number of nitrogens with one attached hydrogen (secondary N) is 2. The number of primary amides is 1. The van der Waals surface area contributed by atoms with Gasteiger partial charge in [-0.15, -0.1) is 0 Å². The molecule has 1 amide bonds. The lowest BCUT2D eigenvalue weighted by atomic mass is 10.00. The lowest BCUT2D eigenvalue weighted by molar-refractivity contribution is 0.0904. The molecule has 3 aliphatic rings. The monoisotopic (exact) mass is 603 g/mol. The highest BCUT2D eigenvalue weighted by Gasteiger charge is 2.28. The molecule has 0 bridgehead atoms. The summed E-state index contributed by atoms with van der Waals surface area (Å²) in [6.07, 6.45) is 6.52. The van der Waals surface area contributed by atoms with Crippen LogP contribution in [-0.4, -0.2) is 102 Å². The lowest BCUT2D eigenvalue weighted by Crippen LogP contribution is -2.52. The van der Waals surface area contributed by atoms with Gasteiger partial charge in [0.25, 0.3) is 5.91 Å². The summed E-state index contributed by atoms with van der Waals surface area (Å²) < 4.78 is 11.3. The second-order valence-electron chi connectivity index (χ2n) is 12.1. The van der Waals surface area contributed by atoms with Crippen molar-refractivity contribution >= 4 is 28.9 Å². The number of nitrogens with two attached hydrogens (primary N) is 1. The number of rotatable bonds is 9. The van der Waals surface area contributed by atoms with Gasteiger partial charge >= 0.3 is 0 Å². The second kappa shape index (κ2) is 13.5. The van der Waals surface area contributed by atoms with Crippen LogP contribution >= 0.6 is 0 Å². The minimum atomic E-state index is -0.675. The van der Waals surface area contributed by atoms with Crippen molar-refractivity contribution in [3.05, 3.63) is 41.5 Å². The van der Waals surface area contributed by atoms with Crippen LogP contribution in [0.15, 0.2) is 28.8 Å². The normalized spacial score (nSPS) is 19.3. The second-order valence-corrected chi connectivity index (χ2v) is 12.1. The molecular weight excluding hydrogens is 558 g/mol. The summed E-state index contributed by atoms with van der Waals surface area (Å²) in [7, 11) is 2.21. The zero-order chi connectivity index (χ0) is 30.6. The van der Waals surface area contributed by atoms with Crippen molar-refractivity contribution in [3.63, 3.8) is 0 Å². The molecule has 0 unspecified atom stereocenters. The van der Waals surface area contributed by atoms with Crippen LogP contribution in [0.5, 0.6) is 0 Å². The first-order chi connectivity index (χ1) is 21.4. The minimum Gasteiger partial charge on any atom is -0.439 e. The summed E-state index contributed by atoms with van der Waals surface area (Å²) in [4.78, 5) is 34.0. The van der Waals surface area contributed by atoms with Crippen molar-refractivity contribution in [1.29, 1.82) is 0 Å². The minimum absolute atomic E-state index is 0.0414. The lowest BCUT2D eigenvalue weighted by Gasteiger charge is -2.43. The molecule has 3 saturated heterocycles. The molecule has 4 N–H and O–H groups in total. The summed E-state index contributed by atoms with van der Waals surface area (Å²) in [6, 6.07) is 7.20. The number of likely N-dealkylation sites (N-methyl/N-ethyl adjacent to an activating group) is 1. The van der Waals surface area contributed by atoms with Crippen LogP contribution in [-0.2, 0) is 11.2 Å². The van der Waals surface area contributed by atoms with Gasteiger partial charge in [0.2, 0.25) is 0 Å². The van der Waals surface area contributed by atoms with E-state index in [-0.39, 0.29) is 11.7 Å². The molecule has 6 rings (SSSR count). The van der Waals surface area contributed by atoms with Crippen LogP contribution in [0, 0.1) is 6.92 Å². The number of carbonyl (C=O) groups is 1. The van der Waals surface area contributed by atoms with E-state index in [4.69, 9.17) is 19.9 Å². The van der Waals surface area contributed by atoms with E-state index in [1.165, 1.54) is 37.2 Å². The molecule has 12 nitrogen and oxygen atoms in total. The van der Waals surface area contributed by atoms with Crippen LogP contribution in [0.2, 0.25) is 0 Å². The number of piperazine rings is 1. The Morgan fingerprint density at radius 3 is 2.43 bits per heavy atom. The number of nitrogens with zero attached hydrogens (tertiary/aromatic N) is 6. The van der Waals surface area contributed by atoms with Crippen molar-refractivity contribution in [2.75, 3.05) is 75.1 Å². The van der Waals surface area contributed by atoms with Gasteiger partial charge in [0, 0.05) is 82.9 Å². The Kier molecular flexibility index (Phi) is 9.29. The molecule has 5 heterocycles. The number of aromatic nitrogens is 3. The standard InChI is InChI=1S/C32H45N9O3/c1-4-22-19-24(5-6-26(22)41-11-7-25(8-12-41)40-15-13-39(3)14-16-40)36-32-29(30(33)42)37-28(27-20-34-21(2)44-27)31(38-32)35-23-9-17-43-18-10-23/h5-6,19-20,23,25H,4,7-18H2,1-3H3,(H2,33,42)(H2,35,36,38). The van der Waals surface area contributed by atoms with E-state index in [0.29, 0.717) is 48.2 Å². The first kappa shape index (κ1) is 30.3. The summed E-state index contributed by atoms with van der Waals surface area (Å²) in [6.45, 7) is 12.1. The van der Waals surface area contributed by atoms with Gasteiger partial charge in [-0.2, -0.15) is 0 Å². The van der Waals surface area contributed by atoms with Gasteiger partial charge in [-0.05, 0) is 62.9 Å². The van der Waals surface area contributed by atoms with Gasteiger partial charge < -0.3 is 35.3 Å². The molecule has 0 saturated carbocycles. The van der Waals surface area contributed by atoms with Crippen LogP contribution < -0.4 is 21.3 Å². The van der Waals surface area contributed by atoms with Gasteiger partial charge in [-0.25, -0.2) is 15.0 Å². The molecule has 0 atom stereocenters. The van der Waals surface area contributed by atoms with E-state index >= 15 is 0 Å². The maximum Gasteiger partial charge on any atom is 0.271 e. The number of carbonyl (C=O) groups excluding carboxylic acids is 1. The maximum atomic E-state index is 12.6. The molecule has 3 fully saturated rings. The molecule has 3 aliphatic heterocycles. The van der Waals surface area contributed by atoms with Crippen LogP contribution in [0.1, 0.15) is 54.5 Å². The summed E-state index contributed by atoms with van der Waals surface area (Å²) >= 11 is 0. The molecule has 3 aromatic rings. The number of ether oxygens (including phenoxy) is 1. The molecule has 0 radical (unpaired) electrons. The number of hydrogen-bond donors (Lipinski definition) is 3. The Balaban J connectivity index is 1.23. The summed E-state index contributed by atoms with van der Waals surface area (Å²) in [5.41, 5.74) is 9.62. The fourth-order valence-electron chi connectivity index (χ4n) is 6.52. The molecule has 44 heavy (non-hydrogen) atoms. The van der Waals surface area contributed by atoms with Gasteiger partial charge in [0.05, 0.1) is 6.20 Å². The van der Waals surface area contributed by atoms with E-state index in [1.807, 2.05) is 6.07 Å². The number of hydrogen-bond acceptors (Lipinski definition) is 11. The Morgan fingerprint density at radius 1 is 1.02 bits per heavy atom. The van der Waals surface area contributed by atoms with Gasteiger partial charge in [-0.3, -0.25) is 9.69 Å². The Morgan fingerprint density at radius 2 is 1.77 bits per heavy atom.